The highest BCUT2D eigenvalue weighted by Gasteiger charge is 2.36. The maximum absolute atomic E-state index is 12.9. The maximum Gasteiger partial charge on any atom is 0.323 e. The first-order valence-electron chi connectivity index (χ1n) is 9.76. The Balaban J connectivity index is 2.03. The van der Waals surface area contributed by atoms with Crippen molar-refractivity contribution in [2.24, 2.45) is 11.3 Å². The van der Waals surface area contributed by atoms with Crippen molar-refractivity contribution in [3.8, 4) is 0 Å². The first-order valence-corrected chi connectivity index (χ1v) is 9.76. The van der Waals surface area contributed by atoms with E-state index in [0.717, 1.165) is 26.1 Å². The molecule has 140 valence electrons. The van der Waals surface area contributed by atoms with E-state index < -0.39 is 5.60 Å². The summed E-state index contributed by atoms with van der Waals surface area (Å²) in [6.45, 7) is 15.6. The fourth-order valence-electron chi connectivity index (χ4n) is 4.02. The van der Waals surface area contributed by atoms with Crippen molar-refractivity contribution in [2.75, 3.05) is 19.6 Å². The summed E-state index contributed by atoms with van der Waals surface area (Å²) in [6, 6.07) is 0.356. The summed E-state index contributed by atoms with van der Waals surface area (Å²) in [5.74, 6) is 0.627. The van der Waals surface area contributed by atoms with Gasteiger partial charge in [0.15, 0.2) is 0 Å². The lowest BCUT2D eigenvalue weighted by atomic mass is 9.71. The molecule has 0 bridgehead atoms. The van der Waals surface area contributed by atoms with Gasteiger partial charge in [0.05, 0.1) is 0 Å². The molecule has 1 saturated carbocycles. The van der Waals surface area contributed by atoms with E-state index in [2.05, 4.69) is 31.0 Å². The minimum absolute atomic E-state index is 0.0265. The fourth-order valence-corrected chi connectivity index (χ4v) is 4.02. The molecular weight excluding hydrogens is 300 g/mol. The van der Waals surface area contributed by atoms with Gasteiger partial charge in [-0.3, -0.25) is 9.69 Å². The van der Waals surface area contributed by atoms with Crippen LogP contribution in [0.3, 0.4) is 0 Å². The molecule has 2 fully saturated rings. The maximum atomic E-state index is 12.9. The first-order chi connectivity index (χ1) is 11.1. The summed E-state index contributed by atoms with van der Waals surface area (Å²) in [6.07, 6.45) is 5.99. The number of carbonyl (C=O) groups excluding carboxylic acids is 1. The quantitative estimate of drug-likeness (QED) is 0.795. The number of ether oxygens (including phenoxy) is 1. The minimum atomic E-state index is -0.413. The molecule has 2 aliphatic rings. The molecule has 1 saturated heterocycles. The van der Waals surface area contributed by atoms with Crippen molar-refractivity contribution in [3.63, 3.8) is 0 Å². The Kier molecular flexibility index (Phi) is 6.35. The van der Waals surface area contributed by atoms with Gasteiger partial charge in [0, 0.05) is 25.7 Å². The molecule has 1 N–H and O–H groups in total. The second-order valence-electron chi connectivity index (χ2n) is 9.74. The lowest BCUT2D eigenvalue weighted by molar-refractivity contribution is -0.163. The Bertz CT molecular complexity index is 418. The van der Waals surface area contributed by atoms with Crippen molar-refractivity contribution in [1.82, 2.24) is 10.2 Å². The molecule has 24 heavy (non-hydrogen) atoms. The van der Waals surface area contributed by atoms with Gasteiger partial charge in [-0.2, -0.15) is 0 Å². The van der Waals surface area contributed by atoms with Gasteiger partial charge in [0.2, 0.25) is 0 Å². The van der Waals surface area contributed by atoms with Crippen LogP contribution >= 0.6 is 0 Å². The molecule has 1 aliphatic heterocycles. The van der Waals surface area contributed by atoms with Crippen molar-refractivity contribution in [3.05, 3.63) is 0 Å². The van der Waals surface area contributed by atoms with Crippen molar-refractivity contribution >= 4 is 5.97 Å². The number of nitrogens with zero attached hydrogens (tertiary/aromatic N) is 1. The Morgan fingerprint density at radius 1 is 1.29 bits per heavy atom. The summed E-state index contributed by atoms with van der Waals surface area (Å²) in [5.41, 5.74) is 0.0605. The minimum Gasteiger partial charge on any atom is -0.459 e. The van der Waals surface area contributed by atoms with Gasteiger partial charge in [-0.05, 0) is 71.1 Å². The van der Waals surface area contributed by atoms with Crippen molar-refractivity contribution in [2.45, 2.75) is 91.3 Å². The molecule has 1 aliphatic carbocycles. The summed E-state index contributed by atoms with van der Waals surface area (Å²) >= 11 is 0. The second kappa shape index (κ2) is 7.74. The number of esters is 1. The van der Waals surface area contributed by atoms with Crippen LogP contribution in [0.1, 0.15) is 73.6 Å². The zero-order valence-corrected chi connectivity index (χ0v) is 16.7. The van der Waals surface area contributed by atoms with Crippen LogP contribution in [0.15, 0.2) is 0 Å². The third-order valence-electron chi connectivity index (χ3n) is 5.54. The third-order valence-corrected chi connectivity index (χ3v) is 5.54. The Morgan fingerprint density at radius 3 is 2.46 bits per heavy atom. The van der Waals surface area contributed by atoms with E-state index in [4.69, 9.17) is 4.74 Å². The molecule has 1 heterocycles. The molecule has 2 atom stereocenters. The highest BCUT2D eigenvalue weighted by Crippen LogP contribution is 2.40. The predicted molar refractivity (Wildman–Crippen MR) is 99.0 cm³/mol. The largest absolute Gasteiger partial charge is 0.459 e. The number of rotatable bonds is 4. The summed E-state index contributed by atoms with van der Waals surface area (Å²) in [7, 11) is 0. The molecule has 0 aromatic rings. The molecule has 0 aromatic heterocycles. The normalized spacial score (nSPS) is 27.7. The number of hydrogen-bond acceptors (Lipinski definition) is 4. The molecule has 0 aromatic carbocycles. The zero-order chi connectivity index (χ0) is 18.0. The topological polar surface area (TPSA) is 41.6 Å². The molecule has 4 heteroatoms. The molecule has 2 rings (SSSR count). The SMILES string of the molecule is CC1CN(C(CC2CCC(C)(C)CC2)C(=O)OC(C)(C)C)CCN1. The lowest BCUT2D eigenvalue weighted by Crippen LogP contribution is -2.56. The van der Waals surface area contributed by atoms with Crippen LogP contribution in [-0.2, 0) is 9.53 Å². The summed E-state index contributed by atoms with van der Waals surface area (Å²) < 4.78 is 5.77. The smallest absolute Gasteiger partial charge is 0.323 e. The van der Waals surface area contributed by atoms with Gasteiger partial charge in [-0.15, -0.1) is 0 Å². The van der Waals surface area contributed by atoms with Crippen LogP contribution in [0.2, 0.25) is 0 Å². The Labute approximate surface area is 148 Å². The van der Waals surface area contributed by atoms with Crippen LogP contribution in [0, 0.1) is 11.3 Å². The second-order valence-corrected chi connectivity index (χ2v) is 9.74. The van der Waals surface area contributed by atoms with Gasteiger partial charge < -0.3 is 10.1 Å². The van der Waals surface area contributed by atoms with E-state index in [1.54, 1.807) is 0 Å². The summed E-state index contributed by atoms with van der Waals surface area (Å²) in [5, 5.41) is 3.47. The van der Waals surface area contributed by atoms with E-state index in [1.165, 1.54) is 25.7 Å². The average molecular weight is 339 g/mol. The van der Waals surface area contributed by atoms with E-state index in [0.29, 0.717) is 17.4 Å². The number of nitrogens with one attached hydrogen (secondary N) is 1. The first kappa shape index (κ1) is 19.7. The molecular formula is C20H38N2O2. The highest BCUT2D eigenvalue weighted by molar-refractivity contribution is 5.76. The summed E-state index contributed by atoms with van der Waals surface area (Å²) in [4.78, 5) is 15.2. The van der Waals surface area contributed by atoms with Crippen LogP contribution < -0.4 is 5.32 Å². The standard InChI is InChI=1S/C20H38N2O2/c1-15-14-22(12-11-21-15)17(18(23)24-19(2,3)4)13-16-7-9-20(5,6)10-8-16/h15-17,21H,7-14H2,1-6H3. The zero-order valence-electron chi connectivity index (χ0n) is 16.7. The number of piperazine rings is 1. The third kappa shape index (κ3) is 6.03. The van der Waals surface area contributed by atoms with E-state index in [9.17, 15) is 4.79 Å². The van der Waals surface area contributed by atoms with Crippen LogP contribution in [0.25, 0.3) is 0 Å². The van der Waals surface area contributed by atoms with Crippen molar-refractivity contribution < 1.29 is 9.53 Å². The average Bonchev–Trinajstić information content (AvgIpc) is 2.44. The highest BCUT2D eigenvalue weighted by atomic mass is 16.6. The van der Waals surface area contributed by atoms with Crippen molar-refractivity contribution in [1.29, 1.82) is 0 Å². The fraction of sp³-hybridized carbons (Fsp3) is 0.950. The van der Waals surface area contributed by atoms with Gasteiger partial charge in [0.25, 0.3) is 0 Å². The van der Waals surface area contributed by atoms with Gasteiger partial charge in [0.1, 0.15) is 11.6 Å². The molecule has 4 nitrogen and oxygen atoms in total. The Morgan fingerprint density at radius 2 is 1.92 bits per heavy atom. The number of carbonyl (C=O) groups is 1. The Hall–Kier alpha value is -0.610. The number of hydrogen-bond donors (Lipinski definition) is 1. The van der Waals surface area contributed by atoms with Crippen LogP contribution in [0.5, 0.6) is 0 Å². The van der Waals surface area contributed by atoms with E-state index in [-0.39, 0.29) is 12.0 Å². The van der Waals surface area contributed by atoms with Crippen LogP contribution in [-0.4, -0.2) is 48.2 Å². The van der Waals surface area contributed by atoms with E-state index >= 15 is 0 Å². The molecule has 0 spiro atoms. The predicted octanol–water partition coefficient (Wildman–Crippen LogP) is 3.60. The van der Waals surface area contributed by atoms with Gasteiger partial charge >= 0.3 is 5.97 Å². The molecule has 2 unspecified atom stereocenters. The molecule has 0 radical (unpaired) electrons. The van der Waals surface area contributed by atoms with Gasteiger partial charge in [-0.1, -0.05) is 13.8 Å². The van der Waals surface area contributed by atoms with E-state index in [1.807, 2.05) is 20.8 Å². The van der Waals surface area contributed by atoms with Gasteiger partial charge in [-0.25, -0.2) is 0 Å². The monoisotopic (exact) mass is 338 g/mol. The van der Waals surface area contributed by atoms with Crippen LogP contribution in [0.4, 0.5) is 0 Å². The molecule has 0 amide bonds. The lowest BCUT2D eigenvalue weighted by Gasteiger charge is -2.41.